The quantitative estimate of drug-likeness (QED) is 0.616. The lowest BCUT2D eigenvalue weighted by atomic mass is 9.49. The van der Waals surface area contributed by atoms with Crippen molar-refractivity contribution in [2.45, 2.75) is 64.7 Å². The van der Waals surface area contributed by atoms with Gasteiger partial charge in [0.25, 0.3) is 0 Å². The third-order valence-electron chi connectivity index (χ3n) is 6.74. The first-order valence-corrected chi connectivity index (χ1v) is 10.00. The van der Waals surface area contributed by atoms with Crippen LogP contribution in [-0.4, -0.2) is 11.9 Å². The summed E-state index contributed by atoms with van der Waals surface area (Å²) in [5.74, 6) is 2.55. The topological polar surface area (TPSA) is 67.5 Å². The number of carbonyl (C=O) groups excluding carboxylic acids is 1. The van der Waals surface area contributed by atoms with E-state index in [9.17, 15) is 4.79 Å². The van der Waals surface area contributed by atoms with Crippen LogP contribution >= 0.6 is 0 Å². The zero-order valence-corrected chi connectivity index (χ0v) is 16.2. The number of rotatable bonds is 2. The highest BCUT2D eigenvalue weighted by molar-refractivity contribution is 5.99. The minimum Gasteiger partial charge on any atom is -0.369 e. The predicted molar refractivity (Wildman–Crippen MR) is 105 cm³/mol. The summed E-state index contributed by atoms with van der Waals surface area (Å²) in [6.07, 6.45) is 7.11. The summed E-state index contributed by atoms with van der Waals surface area (Å²) in [6, 6.07) is 8.08. The van der Waals surface area contributed by atoms with Crippen molar-refractivity contribution in [1.29, 1.82) is 0 Å². The Morgan fingerprint density at radius 1 is 1.04 bits per heavy atom. The second-order valence-electron chi connectivity index (χ2n) is 9.95. The largest absolute Gasteiger partial charge is 0.369 e. The van der Waals surface area contributed by atoms with Gasteiger partial charge in [-0.3, -0.25) is 10.1 Å². The highest BCUT2D eigenvalue weighted by Gasteiger charge is 2.54. The molecule has 4 aliphatic rings. The number of aliphatic imine (C=N–C) groups is 1. The van der Waals surface area contributed by atoms with Gasteiger partial charge in [-0.25, -0.2) is 4.99 Å². The van der Waals surface area contributed by atoms with Crippen LogP contribution in [0.2, 0.25) is 0 Å². The molecule has 4 aliphatic carbocycles. The van der Waals surface area contributed by atoms with Crippen LogP contribution in [0.3, 0.4) is 0 Å². The molecule has 4 heteroatoms. The van der Waals surface area contributed by atoms with E-state index in [1.807, 2.05) is 12.1 Å². The Labute approximate surface area is 156 Å². The van der Waals surface area contributed by atoms with E-state index in [4.69, 9.17) is 5.73 Å². The first-order chi connectivity index (χ1) is 12.2. The molecular formula is C22H31N3O. The van der Waals surface area contributed by atoms with Crippen LogP contribution in [0.1, 0.15) is 64.9 Å². The van der Waals surface area contributed by atoms with Crippen LogP contribution in [0, 0.1) is 23.2 Å². The molecule has 4 nitrogen and oxygen atoms in total. The van der Waals surface area contributed by atoms with Crippen molar-refractivity contribution in [3.8, 4) is 0 Å². The molecule has 0 aliphatic heterocycles. The number of hydrogen-bond donors (Lipinski definition) is 2. The van der Waals surface area contributed by atoms with E-state index in [0.717, 1.165) is 42.7 Å². The van der Waals surface area contributed by atoms with Crippen LogP contribution < -0.4 is 11.1 Å². The number of benzene rings is 1. The van der Waals surface area contributed by atoms with E-state index < -0.39 is 0 Å². The van der Waals surface area contributed by atoms with Crippen molar-refractivity contribution in [2.24, 2.45) is 33.9 Å². The smallest absolute Gasteiger partial charge is 0.232 e. The van der Waals surface area contributed by atoms with Crippen molar-refractivity contribution in [2.75, 3.05) is 0 Å². The average Bonchev–Trinajstić information content (AvgIpc) is 2.53. The van der Waals surface area contributed by atoms with Gasteiger partial charge in [0, 0.05) is 0 Å². The maximum Gasteiger partial charge on any atom is 0.232 e. The molecule has 0 unspecified atom stereocenters. The SMILES string of the molecule is CC(C)(C)c1ccc(N=C(N)NC(=O)C23CC4CC(CC(C4)C2)C3)cc1. The van der Waals surface area contributed by atoms with Gasteiger partial charge >= 0.3 is 0 Å². The molecule has 26 heavy (non-hydrogen) atoms. The van der Waals surface area contributed by atoms with Crippen molar-refractivity contribution in [3.63, 3.8) is 0 Å². The van der Waals surface area contributed by atoms with Gasteiger partial charge in [0.2, 0.25) is 11.9 Å². The van der Waals surface area contributed by atoms with Gasteiger partial charge in [-0.1, -0.05) is 32.9 Å². The van der Waals surface area contributed by atoms with E-state index >= 15 is 0 Å². The van der Waals surface area contributed by atoms with E-state index in [1.54, 1.807) is 0 Å². The van der Waals surface area contributed by atoms with Crippen molar-refractivity contribution >= 4 is 17.6 Å². The number of nitrogens with one attached hydrogen (secondary N) is 1. The van der Waals surface area contributed by atoms with Crippen molar-refractivity contribution in [3.05, 3.63) is 29.8 Å². The lowest BCUT2D eigenvalue weighted by Crippen LogP contribution is -2.55. The highest BCUT2D eigenvalue weighted by Crippen LogP contribution is 2.60. The fourth-order valence-electron chi connectivity index (χ4n) is 5.84. The van der Waals surface area contributed by atoms with Crippen LogP contribution in [0.25, 0.3) is 0 Å². The molecule has 0 radical (unpaired) electrons. The van der Waals surface area contributed by atoms with Gasteiger partial charge in [-0.15, -0.1) is 0 Å². The normalized spacial score (nSPS) is 33.3. The molecule has 4 bridgehead atoms. The summed E-state index contributed by atoms with van der Waals surface area (Å²) < 4.78 is 0. The van der Waals surface area contributed by atoms with E-state index in [2.05, 4.69) is 43.2 Å². The molecule has 0 heterocycles. The Balaban J connectivity index is 1.45. The lowest BCUT2D eigenvalue weighted by Gasteiger charge is -2.55. The molecule has 1 aromatic rings. The van der Waals surface area contributed by atoms with Gasteiger partial charge in [0.15, 0.2) is 0 Å². The van der Waals surface area contributed by atoms with Gasteiger partial charge in [0.1, 0.15) is 0 Å². The van der Waals surface area contributed by atoms with Crippen molar-refractivity contribution in [1.82, 2.24) is 5.32 Å². The molecule has 1 aromatic carbocycles. The standard InChI is InChI=1S/C22H31N3O/c1-21(2,3)17-4-6-18(7-5-17)24-20(23)25-19(26)22-11-14-8-15(12-22)10-16(9-14)13-22/h4-7,14-16H,8-13H2,1-3H3,(H3,23,24,25,26). The number of guanidine groups is 1. The Bertz CT molecular complexity index is 691. The predicted octanol–water partition coefficient (Wildman–Crippen LogP) is 4.26. The van der Waals surface area contributed by atoms with E-state index in [0.29, 0.717) is 0 Å². The monoisotopic (exact) mass is 353 g/mol. The number of nitrogens with two attached hydrogens (primary N) is 1. The lowest BCUT2D eigenvalue weighted by molar-refractivity contribution is -0.144. The zero-order chi connectivity index (χ0) is 18.5. The Morgan fingerprint density at radius 3 is 2.00 bits per heavy atom. The number of nitrogens with zero attached hydrogens (tertiary/aromatic N) is 1. The minimum absolute atomic E-state index is 0.101. The first-order valence-electron chi connectivity index (χ1n) is 10.00. The third-order valence-corrected chi connectivity index (χ3v) is 6.74. The maximum absolute atomic E-state index is 13.0. The summed E-state index contributed by atoms with van der Waals surface area (Å²) in [4.78, 5) is 17.4. The van der Waals surface area contributed by atoms with Crippen LogP contribution in [0.15, 0.2) is 29.3 Å². The molecule has 4 saturated carbocycles. The number of carbonyl (C=O) groups is 1. The molecule has 0 aromatic heterocycles. The second kappa shape index (κ2) is 6.11. The summed E-state index contributed by atoms with van der Waals surface area (Å²) in [5, 5.41) is 2.92. The zero-order valence-electron chi connectivity index (χ0n) is 16.2. The molecule has 0 spiro atoms. The third kappa shape index (κ3) is 3.26. The number of amides is 1. The second-order valence-corrected chi connectivity index (χ2v) is 9.95. The number of hydrogen-bond acceptors (Lipinski definition) is 2. The molecule has 140 valence electrons. The first kappa shape index (κ1) is 17.6. The van der Waals surface area contributed by atoms with Gasteiger partial charge in [-0.05, 0) is 79.4 Å². The summed E-state index contributed by atoms with van der Waals surface area (Å²) in [6.45, 7) is 6.56. The minimum atomic E-state index is -0.190. The van der Waals surface area contributed by atoms with E-state index in [1.165, 1.54) is 24.8 Å². The summed E-state index contributed by atoms with van der Waals surface area (Å²) in [7, 11) is 0. The maximum atomic E-state index is 13.0. The van der Waals surface area contributed by atoms with Crippen LogP contribution in [0.4, 0.5) is 5.69 Å². The Kier molecular flexibility index (Phi) is 4.13. The van der Waals surface area contributed by atoms with Crippen molar-refractivity contribution < 1.29 is 4.79 Å². The fourth-order valence-corrected chi connectivity index (χ4v) is 5.84. The van der Waals surface area contributed by atoms with Gasteiger partial charge in [-0.2, -0.15) is 0 Å². The Morgan fingerprint density at radius 2 is 1.54 bits per heavy atom. The summed E-state index contributed by atoms with van der Waals surface area (Å²) in [5.41, 5.74) is 8.03. The average molecular weight is 354 g/mol. The fraction of sp³-hybridized carbons (Fsp3) is 0.636. The molecule has 4 fully saturated rings. The van der Waals surface area contributed by atoms with Crippen LogP contribution in [-0.2, 0) is 10.2 Å². The molecular weight excluding hydrogens is 322 g/mol. The van der Waals surface area contributed by atoms with Gasteiger partial charge in [0.05, 0.1) is 11.1 Å². The van der Waals surface area contributed by atoms with E-state index in [-0.39, 0.29) is 22.7 Å². The molecule has 5 rings (SSSR count). The van der Waals surface area contributed by atoms with Crippen LogP contribution in [0.5, 0.6) is 0 Å². The summed E-state index contributed by atoms with van der Waals surface area (Å²) >= 11 is 0. The molecule has 0 saturated heterocycles. The molecule has 0 atom stereocenters. The molecule has 3 N–H and O–H groups in total. The highest BCUT2D eigenvalue weighted by atomic mass is 16.2. The molecule has 1 amide bonds. The Hall–Kier alpha value is -1.84. The van der Waals surface area contributed by atoms with Gasteiger partial charge < -0.3 is 5.73 Å².